The average Bonchev–Trinajstić information content (AvgIpc) is 3.22. The SMILES string of the molecule is COc1cccc([C@@H]2CC(c3ccco3)=NN2S(C)(=O)=O)c1OC. The van der Waals surface area contributed by atoms with Gasteiger partial charge in [0.05, 0.1) is 32.8 Å². The number of nitrogens with zero attached hydrogens (tertiary/aromatic N) is 2. The van der Waals surface area contributed by atoms with Gasteiger partial charge in [0.1, 0.15) is 11.5 Å². The van der Waals surface area contributed by atoms with Crippen molar-refractivity contribution in [3.8, 4) is 11.5 Å². The zero-order valence-corrected chi connectivity index (χ0v) is 14.4. The van der Waals surface area contributed by atoms with Crippen LogP contribution < -0.4 is 9.47 Å². The molecule has 0 radical (unpaired) electrons. The molecule has 7 nitrogen and oxygen atoms in total. The lowest BCUT2D eigenvalue weighted by molar-refractivity contribution is 0.329. The second-order valence-corrected chi connectivity index (χ2v) is 7.20. The second-order valence-electron chi connectivity index (χ2n) is 5.36. The van der Waals surface area contributed by atoms with Crippen molar-refractivity contribution in [2.75, 3.05) is 20.5 Å². The number of ether oxygens (including phenoxy) is 2. The van der Waals surface area contributed by atoms with Gasteiger partial charge in [0, 0.05) is 12.0 Å². The van der Waals surface area contributed by atoms with Gasteiger partial charge in [-0.25, -0.2) is 8.42 Å². The average molecular weight is 350 g/mol. The van der Waals surface area contributed by atoms with Crippen molar-refractivity contribution in [2.24, 2.45) is 5.10 Å². The first-order chi connectivity index (χ1) is 11.5. The van der Waals surface area contributed by atoms with Crippen LogP contribution in [0.25, 0.3) is 0 Å². The number of hydrogen-bond donors (Lipinski definition) is 0. The molecule has 0 spiro atoms. The summed E-state index contributed by atoms with van der Waals surface area (Å²) in [5.41, 5.74) is 1.26. The highest BCUT2D eigenvalue weighted by atomic mass is 32.2. The Morgan fingerprint density at radius 2 is 2.00 bits per heavy atom. The zero-order chi connectivity index (χ0) is 17.3. The Balaban J connectivity index is 2.08. The quantitative estimate of drug-likeness (QED) is 0.827. The van der Waals surface area contributed by atoms with Gasteiger partial charge in [-0.3, -0.25) is 0 Å². The third-order valence-electron chi connectivity index (χ3n) is 3.81. The van der Waals surface area contributed by atoms with E-state index in [-0.39, 0.29) is 0 Å². The third-order valence-corrected chi connectivity index (χ3v) is 4.83. The van der Waals surface area contributed by atoms with Crippen molar-refractivity contribution in [1.29, 1.82) is 0 Å². The molecule has 1 atom stereocenters. The van der Waals surface area contributed by atoms with E-state index in [1.807, 2.05) is 6.07 Å². The van der Waals surface area contributed by atoms with E-state index in [1.165, 1.54) is 20.5 Å². The van der Waals surface area contributed by atoms with E-state index >= 15 is 0 Å². The number of para-hydroxylation sites is 1. The smallest absolute Gasteiger partial charge is 0.247 e. The van der Waals surface area contributed by atoms with Crippen molar-refractivity contribution in [2.45, 2.75) is 12.5 Å². The monoisotopic (exact) mass is 350 g/mol. The van der Waals surface area contributed by atoms with E-state index in [4.69, 9.17) is 13.9 Å². The van der Waals surface area contributed by atoms with Gasteiger partial charge >= 0.3 is 0 Å². The van der Waals surface area contributed by atoms with E-state index in [9.17, 15) is 8.42 Å². The lowest BCUT2D eigenvalue weighted by Gasteiger charge is -2.23. The lowest BCUT2D eigenvalue weighted by atomic mass is 10.0. The van der Waals surface area contributed by atoms with Crippen molar-refractivity contribution in [3.63, 3.8) is 0 Å². The fourth-order valence-corrected chi connectivity index (χ4v) is 3.69. The minimum atomic E-state index is -3.56. The summed E-state index contributed by atoms with van der Waals surface area (Å²) in [4.78, 5) is 0. The van der Waals surface area contributed by atoms with Crippen LogP contribution in [0.15, 0.2) is 46.1 Å². The molecule has 0 fully saturated rings. The molecule has 0 aliphatic carbocycles. The first kappa shape index (κ1) is 16.4. The molecule has 2 aromatic rings. The van der Waals surface area contributed by atoms with E-state index in [0.717, 1.165) is 10.7 Å². The first-order valence-electron chi connectivity index (χ1n) is 7.27. The summed E-state index contributed by atoms with van der Waals surface area (Å²) in [6.07, 6.45) is 3.04. The minimum absolute atomic E-state index is 0.379. The van der Waals surface area contributed by atoms with E-state index in [2.05, 4.69) is 5.10 Å². The van der Waals surface area contributed by atoms with Crippen LogP contribution in [0.1, 0.15) is 23.8 Å². The van der Waals surface area contributed by atoms with Gasteiger partial charge in [-0.05, 0) is 18.2 Å². The number of benzene rings is 1. The molecule has 3 rings (SSSR count). The second kappa shape index (κ2) is 6.20. The molecule has 1 aromatic carbocycles. The molecule has 0 unspecified atom stereocenters. The van der Waals surface area contributed by atoms with E-state index in [0.29, 0.717) is 35.0 Å². The largest absolute Gasteiger partial charge is 0.493 e. The maximum atomic E-state index is 12.2. The Bertz CT molecular complexity index is 859. The molecule has 128 valence electrons. The topological polar surface area (TPSA) is 81.3 Å². The van der Waals surface area contributed by atoms with Crippen LogP contribution in [0.4, 0.5) is 0 Å². The number of methoxy groups -OCH3 is 2. The summed E-state index contributed by atoms with van der Waals surface area (Å²) in [6.45, 7) is 0. The van der Waals surface area contributed by atoms with Crippen LogP contribution in [0.2, 0.25) is 0 Å². The number of rotatable bonds is 5. The van der Waals surface area contributed by atoms with Crippen LogP contribution in [-0.4, -0.2) is 39.0 Å². The van der Waals surface area contributed by atoms with Gasteiger partial charge in [-0.15, -0.1) is 0 Å². The maximum absolute atomic E-state index is 12.2. The van der Waals surface area contributed by atoms with Gasteiger partial charge < -0.3 is 13.9 Å². The summed E-state index contributed by atoms with van der Waals surface area (Å²) in [6, 6.07) is 8.33. The van der Waals surface area contributed by atoms with Crippen LogP contribution in [0, 0.1) is 0 Å². The van der Waals surface area contributed by atoms with Gasteiger partial charge in [0.25, 0.3) is 0 Å². The number of sulfonamides is 1. The summed E-state index contributed by atoms with van der Waals surface area (Å²) in [5, 5.41) is 4.26. The molecule has 0 saturated heterocycles. The lowest BCUT2D eigenvalue weighted by Crippen LogP contribution is -2.26. The molecule has 1 aliphatic heterocycles. The van der Waals surface area contributed by atoms with Crippen LogP contribution in [0.3, 0.4) is 0 Å². The molecular weight excluding hydrogens is 332 g/mol. The van der Waals surface area contributed by atoms with Crippen LogP contribution in [0.5, 0.6) is 11.5 Å². The molecule has 0 bridgehead atoms. The number of hydrogen-bond acceptors (Lipinski definition) is 6. The number of furan rings is 1. The van der Waals surface area contributed by atoms with Crippen LogP contribution >= 0.6 is 0 Å². The Hall–Kier alpha value is -2.48. The fourth-order valence-electron chi connectivity index (χ4n) is 2.79. The molecule has 0 saturated carbocycles. The normalized spacial score (nSPS) is 17.7. The molecular formula is C16H18N2O5S. The van der Waals surface area contributed by atoms with Crippen molar-refractivity contribution in [3.05, 3.63) is 47.9 Å². The summed E-state index contributed by atoms with van der Waals surface area (Å²) in [7, 11) is -0.500. The highest BCUT2D eigenvalue weighted by Gasteiger charge is 2.37. The molecule has 8 heteroatoms. The highest BCUT2D eigenvalue weighted by molar-refractivity contribution is 7.88. The first-order valence-corrected chi connectivity index (χ1v) is 9.12. The Labute approximate surface area is 140 Å². The van der Waals surface area contributed by atoms with Crippen molar-refractivity contribution < 1.29 is 22.3 Å². The summed E-state index contributed by atoms with van der Waals surface area (Å²) < 4.78 is 41.6. The number of hydrazone groups is 1. The molecule has 0 amide bonds. The predicted octanol–water partition coefficient (Wildman–Crippen LogP) is 2.41. The van der Waals surface area contributed by atoms with Crippen LogP contribution in [-0.2, 0) is 10.0 Å². The van der Waals surface area contributed by atoms with Gasteiger partial charge in [-0.2, -0.15) is 9.52 Å². The van der Waals surface area contributed by atoms with Gasteiger partial charge in [0.15, 0.2) is 11.5 Å². The molecule has 2 heterocycles. The fraction of sp³-hybridized carbons (Fsp3) is 0.312. The summed E-state index contributed by atoms with van der Waals surface area (Å²) >= 11 is 0. The van der Waals surface area contributed by atoms with Gasteiger partial charge in [0.2, 0.25) is 10.0 Å². The van der Waals surface area contributed by atoms with Gasteiger partial charge in [-0.1, -0.05) is 12.1 Å². The van der Waals surface area contributed by atoms with Crippen molar-refractivity contribution >= 4 is 15.7 Å². The van der Waals surface area contributed by atoms with Crippen molar-refractivity contribution in [1.82, 2.24) is 4.41 Å². The standard InChI is InChI=1S/C16H18N2O5S/c1-21-15-7-4-6-11(16(15)22-2)13-10-12(14-8-5-9-23-14)17-18(13)24(3,19)20/h4-9,13H,10H2,1-3H3/t13-/m0/s1. The highest BCUT2D eigenvalue weighted by Crippen LogP contribution is 2.42. The maximum Gasteiger partial charge on any atom is 0.247 e. The summed E-state index contributed by atoms with van der Waals surface area (Å²) in [5.74, 6) is 1.58. The Kier molecular flexibility index (Phi) is 4.23. The van der Waals surface area contributed by atoms with E-state index < -0.39 is 16.1 Å². The zero-order valence-electron chi connectivity index (χ0n) is 13.6. The third kappa shape index (κ3) is 2.84. The molecule has 1 aromatic heterocycles. The molecule has 1 aliphatic rings. The molecule has 0 N–H and O–H groups in total. The molecule has 24 heavy (non-hydrogen) atoms. The van der Waals surface area contributed by atoms with E-state index in [1.54, 1.807) is 24.3 Å². The Morgan fingerprint density at radius 1 is 1.21 bits per heavy atom. The predicted molar refractivity (Wildman–Crippen MR) is 88.8 cm³/mol. The minimum Gasteiger partial charge on any atom is -0.493 e. The Morgan fingerprint density at radius 3 is 2.58 bits per heavy atom.